The van der Waals surface area contributed by atoms with Crippen molar-refractivity contribution in [2.75, 3.05) is 13.1 Å². The van der Waals surface area contributed by atoms with Crippen LogP contribution in [0.3, 0.4) is 0 Å². The quantitative estimate of drug-likeness (QED) is 0.756. The number of carbonyl (C=O) groups is 1. The summed E-state index contributed by atoms with van der Waals surface area (Å²) in [5, 5.41) is 6.20. The molecule has 1 heterocycles. The van der Waals surface area contributed by atoms with Crippen molar-refractivity contribution in [1.82, 2.24) is 10.6 Å². The maximum Gasteiger partial charge on any atom is 0.237 e. The third-order valence-corrected chi connectivity index (χ3v) is 4.03. The smallest absolute Gasteiger partial charge is 0.237 e. The van der Waals surface area contributed by atoms with Gasteiger partial charge in [0, 0.05) is 6.54 Å². The molecule has 4 heteroatoms. The van der Waals surface area contributed by atoms with Gasteiger partial charge in [-0.2, -0.15) is 0 Å². The van der Waals surface area contributed by atoms with E-state index >= 15 is 0 Å². The molecule has 0 aromatic rings. The second kappa shape index (κ2) is 7.13. The summed E-state index contributed by atoms with van der Waals surface area (Å²) in [6.07, 6.45) is 4.40. The zero-order valence-electron chi connectivity index (χ0n) is 10.6. The molecule has 1 amide bonds. The fraction of sp³-hybridized carbons (Fsp3) is 0.917. The predicted molar refractivity (Wildman–Crippen MR) is 70.0 cm³/mol. The third kappa shape index (κ3) is 3.63. The van der Waals surface area contributed by atoms with Crippen molar-refractivity contribution in [1.29, 1.82) is 0 Å². The fourth-order valence-corrected chi connectivity index (χ4v) is 2.04. The van der Waals surface area contributed by atoms with Gasteiger partial charge in [-0.1, -0.05) is 20.8 Å². The Hall–Kier alpha value is -0.280. The van der Waals surface area contributed by atoms with Gasteiger partial charge in [0.1, 0.15) is 0 Å². The normalized spacial score (nSPS) is 19.6. The highest BCUT2D eigenvalue weighted by Crippen LogP contribution is 2.29. The van der Waals surface area contributed by atoms with Crippen molar-refractivity contribution in [3.63, 3.8) is 0 Å². The zero-order chi connectivity index (χ0) is 11.3. The molecule has 0 unspecified atom stereocenters. The highest BCUT2D eigenvalue weighted by atomic mass is 35.5. The molecule has 0 bridgehead atoms. The van der Waals surface area contributed by atoms with Gasteiger partial charge >= 0.3 is 0 Å². The lowest BCUT2D eigenvalue weighted by Crippen LogP contribution is -2.54. The van der Waals surface area contributed by atoms with E-state index in [1.54, 1.807) is 0 Å². The number of carbonyl (C=O) groups excluding carboxylic acids is 1. The molecule has 1 saturated heterocycles. The molecule has 1 aliphatic rings. The van der Waals surface area contributed by atoms with E-state index in [2.05, 4.69) is 31.4 Å². The molecular weight excluding hydrogens is 224 g/mol. The highest BCUT2D eigenvalue weighted by Gasteiger charge is 2.28. The van der Waals surface area contributed by atoms with E-state index in [4.69, 9.17) is 0 Å². The van der Waals surface area contributed by atoms with Gasteiger partial charge < -0.3 is 10.6 Å². The predicted octanol–water partition coefficient (Wildman–Crippen LogP) is 2.10. The maximum absolute atomic E-state index is 11.6. The Morgan fingerprint density at radius 1 is 1.31 bits per heavy atom. The lowest BCUT2D eigenvalue weighted by atomic mass is 9.80. The van der Waals surface area contributed by atoms with Crippen molar-refractivity contribution < 1.29 is 4.79 Å². The minimum Gasteiger partial charge on any atom is -0.354 e. The van der Waals surface area contributed by atoms with Crippen LogP contribution in [0.5, 0.6) is 0 Å². The molecule has 16 heavy (non-hydrogen) atoms. The topological polar surface area (TPSA) is 41.1 Å². The molecule has 3 nitrogen and oxygen atoms in total. The van der Waals surface area contributed by atoms with Gasteiger partial charge in [0.05, 0.1) is 6.04 Å². The summed E-state index contributed by atoms with van der Waals surface area (Å²) in [6.45, 7) is 8.44. The van der Waals surface area contributed by atoms with Crippen molar-refractivity contribution in [2.24, 2.45) is 5.41 Å². The van der Waals surface area contributed by atoms with Crippen LogP contribution in [0, 0.1) is 5.41 Å². The molecule has 2 N–H and O–H groups in total. The first kappa shape index (κ1) is 15.7. The van der Waals surface area contributed by atoms with Crippen molar-refractivity contribution in [2.45, 2.75) is 52.5 Å². The molecule has 1 aliphatic heterocycles. The van der Waals surface area contributed by atoms with Crippen LogP contribution in [0.25, 0.3) is 0 Å². The van der Waals surface area contributed by atoms with E-state index in [1.807, 2.05) is 0 Å². The van der Waals surface area contributed by atoms with Crippen LogP contribution in [0.2, 0.25) is 0 Å². The molecule has 0 saturated carbocycles. The Kier molecular flexibility index (Phi) is 7.00. The SMILES string of the molecule is CCC(CC)(CC)CNC(=O)[C@H]1CCN1.Cl. The summed E-state index contributed by atoms with van der Waals surface area (Å²) < 4.78 is 0. The molecule has 0 radical (unpaired) electrons. The van der Waals surface area contributed by atoms with Crippen molar-refractivity contribution in [3.05, 3.63) is 0 Å². The second-order valence-electron chi connectivity index (χ2n) is 4.57. The van der Waals surface area contributed by atoms with E-state index in [0.717, 1.165) is 38.8 Å². The first-order chi connectivity index (χ1) is 7.17. The minimum atomic E-state index is 0. The first-order valence-electron chi connectivity index (χ1n) is 6.18. The molecule has 0 spiro atoms. The van der Waals surface area contributed by atoms with Gasteiger partial charge in [-0.05, 0) is 37.6 Å². The van der Waals surface area contributed by atoms with Gasteiger partial charge in [-0.3, -0.25) is 4.79 Å². The van der Waals surface area contributed by atoms with Crippen LogP contribution < -0.4 is 10.6 Å². The summed E-state index contributed by atoms with van der Waals surface area (Å²) in [5.74, 6) is 0.181. The number of rotatable bonds is 6. The van der Waals surface area contributed by atoms with Crippen LogP contribution in [-0.2, 0) is 4.79 Å². The lowest BCUT2D eigenvalue weighted by Gasteiger charge is -2.33. The zero-order valence-corrected chi connectivity index (χ0v) is 11.5. The van der Waals surface area contributed by atoms with Crippen LogP contribution in [0.4, 0.5) is 0 Å². The monoisotopic (exact) mass is 248 g/mol. The number of hydrogen-bond donors (Lipinski definition) is 2. The van der Waals surface area contributed by atoms with E-state index in [1.165, 1.54) is 0 Å². The van der Waals surface area contributed by atoms with E-state index in [9.17, 15) is 4.79 Å². The summed E-state index contributed by atoms with van der Waals surface area (Å²) in [5.41, 5.74) is 0.305. The molecule has 1 rings (SSSR count). The number of hydrogen-bond acceptors (Lipinski definition) is 2. The van der Waals surface area contributed by atoms with Crippen molar-refractivity contribution >= 4 is 18.3 Å². The minimum absolute atomic E-state index is 0. The highest BCUT2D eigenvalue weighted by molar-refractivity contribution is 5.85. The average molecular weight is 249 g/mol. The summed E-state index contributed by atoms with van der Waals surface area (Å²) in [7, 11) is 0. The van der Waals surface area contributed by atoms with Gasteiger partial charge in [0.25, 0.3) is 0 Å². The maximum atomic E-state index is 11.6. The van der Waals surface area contributed by atoms with Gasteiger partial charge in [0.2, 0.25) is 5.91 Å². The van der Waals surface area contributed by atoms with Gasteiger partial charge in [-0.25, -0.2) is 0 Å². The van der Waals surface area contributed by atoms with Crippen molar-refractivity contribution in [3.8, 4) is 0 Å². The molecule has 0 aromatic heterocycles. The molecule has 1 fully saturated rings. The first-order valence-corrected chi connectivity index (χ1v) is 6.18. The standard InChI is InChI=1S/C12H24N2O.ClH/c1-4-12(5-2,6-3)9-14-11(15)10-7-8-13-10;/h10,13H,4-9H2,1-3H3,(H,14,15);1H/t10-;/m1./s1. The Morgan fingerprint density at radius 3 is 2.12 bits per heavy atom. The Balaban J connectivity index is 0.00000225. The Bertz CT molecular complexity index is 205. The number of nitrogens with one attached hydrogen (secondary N) is 2. The second-order valence-corrected chi connectivity index (χ2v) is 4.57. The molecular formula is C12H25ClN2O. The molecule has 0 aromatic carbocycles. The summed E-state index contributed by atoms with van der Waals surface area (Å²) in [6, 6.07) is 0.0771. The Morgan fingerprint density at radius 2 is 1.81 bits per heavy atom. The third-order valence-electron chi connectivity index (χ3n) is 4.03. The number of amides is 1. The van der Waals surface area contributed by atoms with Gasteiger partial charge in [0.15, 0.2) is 0 Å². The average Bonchev–Trinajstić information content (AvgIpc) is 2.18. The summed E-state index contributed by atoms with van der Waals surface area (Å²) in [4.78, 5) is 11.6. The molecule has 0 aliphatic carbocycles. The van der Waals surface area contributed by atoms with E-state index < -0.39 is 0 Å². The summed E-state index contributed by atoms with van der Waals surface area (Å²) >= 11 is 0. The Labute approximate surface area is 105 Å². The lowest BCUT2D eigenvalue weighted by molar-refractivity contribution is -0.125. The van der Waals surface area contributed by atoms with Crippen LogP contribution in [-0.4, -0.2) is 25.0 Å². The number of halogens is 1. The van der Waals surface area contributed by atoms with Crippen LogP contribution in [0.15, 0.2) is 0 Å². The molecule has 1 atom stereocenters. The van der Waals surface area contributed by atoms with E-state index in [0.29, 0.717) is 5.41 Å². The molecule has 96 valence electrons. The largest absolute Gasteiger partial charge is 0.354 e. The van der Waals surface area contributed by atoms with Gasteiger partial charge in [-0.15, -0.1) is 12.4 Å². The van der Waals surface area contributed by atoms with Crippen LogP contribution >= 0.6 is 12.4 Å². The van der Waals surface area contributed by atoms with Crippen LogP contribution in [0.1, 0.15) is 46.5 Å². The fourth-order valence-electron chi connectivity index (χ4n) is 2.04. The van der Waals surface area contributed by atoms with E-state index in [-0.39, 0.29) is 24.4 Å².